The zero-order valence-electron chi connectivity index (χ0n) is 22.7. The van der Waals surface area contributed by atoms with E-state index >= 15 is 0 Å². The first-order valence-corrected chi connectivity index (χ1v) is 12.2. The number of alkyl carbamates (subject to hydrolysis) is 2. The van der Waals surface area contributed by atoms with Gasteiger partial charge in [-0.2, -0.15) is 0 Å². The Labute approximate surface area is 215 Å². The molecule has 10 nitrogen and oxygen atoms in total. The first-order chi connectivity index (χ1) is 16.7. The predicted molar refractivity (Wildman–Crippen MR) is 136 cm³/mol. The van der Waals surface area contributed by atoms with Crippen molar-refractivity contribution in [3.8, 4) is 0 Å². The highest BCUT2D eigenvalue weighted by Gasteiger charge is 2.22. The molecule has 0 spiro atoms. The van der Waals surface area contributed by atoms with Crippen LogP contribution in [0.25, 0.3) is 0 Å². The molecule has 0 rings (SSSR count). The molecule has 0 fully saturated rings. The van der Waals surface area contributed by atoms with Crippen LogP contribution < -0.4 is 10.6 Å². The molecule has 0 aromatic heterocycles. The molecule has 2 N–H and O–H groups in total. The van der Waals surface area contributed by atoms with Gasteiger partial charge in [0.2, 0.25) is 0 Å². The van der Waals surface area contributed by atoms with Crippen LogP contribution in [0.1, 0.15) is 60.8 Å². The number of nitrogens with one attached hydrogen (secondary N) is 2. The Bertz CT molecular complexity index is 763. The van der Waals surface area contributed by atoms with Gasteiger partial charge in [-0.1, -0.05) is 40.9 Å². The summed E-state index contributed by atoms with van der Waals surface area (Å²) in [5.74, 6) is -0.547. The highest BCUT2D eigenvalue weighted by molar-refractivity contribution is 5.87. The molecule has 0 radical (unpaired) electrons. The molecule has 2 amide bonds. The lowest BCUT2D eigenvalue weighted by atomic mass is 9.78. The summed E-state index contributed by atoms with van der Waals surface area (Å²) >= 11 is 0. The molecule has 0 saturated heterocycles. The smallest absolute Gasteiger partial charge is 0.407 e. The van der Waals surface area contributed by atoms with Crippen molar-refractivity contribution in [3.63, 3.8) is 0 Å². The highest BCUT2D eigenvalue weighted by atomic mass is 16.6. The van der Waals surface area contributed by atoms with Crippen molar-refractivity contribution in [1.29, 1.82) is 0 Å². The number of carbonyl (C=O) groups excluding carboxylic acids is 4. The van der Waals surface area contributed by atoms with Gasteiger partial charge in [-0.3, -0.25) is 0 Å². The van der Waals surface area contributed by atoms with E-state index in [0.29, 0.717) is 24.2 Å². The summed E-state index contributed by atoms with van der Waals surface area (Å²) in [6.45, 7) is 19.4. The first kappa shape index (κ1) is 33.0. The van der Waals surface area contributed by atoms with E-state index in [9.17, 15) is 19.2 Å². The van der Waals surface area contributed by atoms with Crippen LogP contribution >= 0.6 is 0 Å². The van der Waals surface area contributed by atoms with E-state index in [1.807, 2.05) is 0 Å². The van der Waals surface area contributed by atoms with Gasteiger partial charge < -0.3 is 29.6 Å². The van der Waals surface area contributed by atoms with E-state index in [1.54, 1.807) is 13.8 Å². The van der Waals surface area contributed by atoms with Gasteiger partial charge in [0, 0.05) is 24.2 Å². The lowest BCUT2D eigenvalue weighted by molar-refractivity contribution is -0.140. The second-order valence-corrected chi connectivity index (χ2v) is 9.98. The monoisotopic (exact) mass is 512 g/mol. The van der Waals surface area contributed by atoms with Crippen LogP contribution in [-0.4, -0.2) is 63.6 Å². The van der Waals surface area contributed by atoms with Crippen LogP contribution in [0.5, 0.6) is 0 Å². The van der Waals surface area contributed by atoms with Crippen molar-refractivity contribution in [2.45, 2.75) is 60.8 Å². The fraction of sp³-hybridized carbons (Fsp3) is 0.692. The number of carbonyl (C=O) groups is 4. The maximum atomic E-state index is 11.8. The number of hydrogen-bond donors (Lipinski definition) is 2. The molecule has 206 valence electrons. The van der Waals surface area contributed by atoms with Crippen molar-refractivity contribution in [3.05, 3.63) is 24.3 Å². The van der Waals surface area contributed by atoms with Crippen molar-refractivity contribution in [1.82, 2.24) is 10.6 Å². The van der Waals surface area contributed by atoms with E-state index in [2.05, 4.69) is 51.5 Å². The lowest BCUT2D eigenvalue weighted by Crippen LogP contribution is -2.32. The normalized spacial score (nSPS) is 12.5. The molecule has 0 saturated carbocycles. The third-order valence-electron chi connectivity index (χ3n) is 5.20. The highest BCUT2D eigenvalue weighted by Crippen LogP contribution is 2.31. The Balaban J connectivity index is 4.03. The fourth-order valence-electron chi connectivity index (χ4n) is 3.26. The van der Waals surface area contributed by atoms with Gasteiger partial charge in [0.25, 0.3) is 0 Å². The fourth-order valence-corrected chi connectivity index (χ4v) is 3.26. The van der Waals surface area contributed by atoms with Crippen molar-refractivity contribution in [2.75, 3.05) is 39.5 Å². The van der Waals surface area contributed by atoms with Gasteiger partial charge in [0.15, 0.2) is 0 Å². The van der Waals surface area contributed by atoms with E-state index in [-0.39, 0.29) is 43.7 Å². The Morgan fingerprint density at radius 1 is 0.722 bits per heavy atom. The number of rotatable bonds is 17. The van der Waals surface area contributed by atoms with Gasteiger partial charge in [0.1, 0.15) is 26.4 Å². The molecule has 10 heteroatoms. The van der Waals surface area contributed by atoms with Gasteiger partial charge in [-0.05, 0) is 50.4 Å². The molecule has 0 aliphatic heterocycles. The molecule has 0 aliphatic carbocycles. The molecule has 36 heavy (non-hydrogen) atoms. The Morgan fingerprint density at radius 2 is 1.11 bits per heavy atom. The maximum absolute atomic E-state index is 11.8. The van der Waals surface area contributed by atoms with Crippen LogP contribution in [-0.2, 0) is 28.5 Å². The average Bonchev–Trinajstić information content (AvgIpc) is 2.79. The second kappa shape index (κ2) is 17.4. The summed E-state index contributed by atoms with van der Waals surface area (Å²) in [5.41, 5.74) is 0.629. The van der Waals surface area contributed by atoms with Crippen LogP contribution in [0.15, 0.2) is 24.3 Å². The van der Waals surface area contributed by atoms with Crippen molar-refractivity contribution >= 4 is 24.1 Å². The minimum atomic E-state index is -0.549. The zero-order valence-corrected chi connectivity index (χ0v) is 22.7. The van der Waals surface area contributed by atoms with Crippen molar-refractivity contribution < 1.29 is 38.1 Å². The number of amides is 2. The van der Waals surface area contributed by atoms with Gasteiger partial charge in [-0.25, -0.2) is 19.2 Å². The molecule has 0 bridgehead atoms. The Morgan fingerprint density at radius 3 is 1.53 bits per heavy atom. The third-order valence-corrected chi connectivity index (χ3v) is 5.20. The van der Waals surface area contributed by atoms with Crippen LogP contribution in [0.2, 0.25) is 0 Å². The van der Waals surface area contributed by atoms with Crippen LogP contribution in [0, 0.1) is 17.3 Å². The largest absolute Gasteiger partial charge is 0.459 e. The summed E-state index contributed by atoms with van der Waals surface area (Å²) in [6, 6.07) is 0. The third kappa shape index (κ3) is 17.4. The lowest BCUT2D eigenvalue weighted by Gasteiger charge is -2.29. The quantitative estimate of drug-likeness (QED) is 0.129. The van der Waals surface area contributed by atoms with Gasteiger partial charge in [-0.15, -0.1) is 0 Å². The molecular weight excluding hydrogens is 468 g/mol. The molecular formula is C26H44N2O8. The number of hydrogen-bond acceptors (Lipinski definition) is 8. The predicted octanol–water partition coefficient (Wildman–Crippen LogP) is 4.15. The number of ether oxygens (including phenoxy) is 4. The summed E-state index contributed by atoms with van der Waals surface area (Å²) in [6.07, 6.45) is 1.66. The SMILES string of the molecule is C=C(C)C(=O)OCCOC(=O)NCC(C)CCC(C)(C)CC(C)CNC(=O)OCCOC(=O)C(=C)C. The topological polar surface area (TPSA) is 129 Å². The van der Waals surface area contributed by atoms with E-state index in [1.165, 1.54) is 0 Å². The summed E-state index contributed by atoms with van der Waals surface area (Å²) in [5, 5.41) is 5.46. The zero-order chi connectivity index (χ0) is 27.7. The van der Waals surface area contributed by atoms with Crippen molar-refractivity contribution in [2.24, 2.45) is 17.3 Å². The van der Waals surface area contributed by atoms with Crippen LogP contribution in [0.3, 0.4) is 0 Å². The minimum Gasteiger partial charge on any atom is -0.459 e. The summed E-state index contributed by atoms with van der Waals surface area (Å²) < 4.78 is 19.7. The average molecular weight is 513 g/mol. The van der Waals surface area contributed by atoms with E-state index < -0.39 is 24.1 Å². The Hall–Kier alpha value is -3.04. The minimum absolute atomic E-state index is 0.0154. The molecule has 2 unspecified atom stereocenters. The van der Waals surface area contributed by atoms with Gasteiger partial charge >= 0.3 is 24.1 Å². The summed E-state index contributed by atoms with van der Waals surface area (Å²) in [7, 11) is 0. The van der Waals surface area contributed by atoms with Gasteiger partial charge in [0.05, 0.1) is 0 Å². The molecule has 0 aliphatic rings. The molecule has 2 atom stereocenters. The number of esters is 2. The Kier molecular flexibility index (Phi) is 15.9. The maximum Gasteiger partial charge on any atom is 0.407 e. The molecule has 0 aromatic carbocycles. The standard InChI is InChI=1S/C26H44N2O8/c1-18(2)22(29)33-11-13-35-24(31)27-16-20(5)9-10-26(7,8)15-21(6)17-28-25(32)36-14-12-34-23(30)19(3)4/h20-21H,1,3,9-17H2,2,4-8H3,(H,27,31)(H,28,32). The summed E-state index contributed by atoms with van der Waals surface area (Å²) in [4.78, 5) is 46.1. The molecule has 0 aromatic rings. The van der Waals surface area contributed by atoms with E-state index in [4.69, 9.17) is 18.9 Å². The first-order valence-electron chi connectivity index (χ1n) is 12.2. The van der Waals surface area contributed by atoms with E-state index in [0.717, 1.165) is 19.3 Å². The molecule has 0 heterocycles. The van der Waals surface area contributed by atoms with Crippen LogP contribution in [0.4, 0.5) is 9.59 Å². The second-order valence-electron chi connectivity index (χ2n) is 9.98.